The zero-order valence-electron chi connectivity index (χ0n) is 14.3. The fourth-order valence-electron chi connectivity index (χ4n) is 2.25. The van der Waals surface area contributed by atoms with Crippen molar-refractivity contribution < 1.29 is 14.3 Å². The summed E-state index contributed by atoms with van der Waals surface area (Å²) in [4.78, 5) is 15.9. The summed E-state index contributed by atoms with van der Waals surface area (Å²) < 4.78 is 10.8. The zero-order chi connectivity index (χ0) is 17.0. The molecule has 0 radical (unpaired) electrons. The van der Waals surface area contributed by atoms with Crippen LogP contribution in [0.1, 0.15) is 39.0 Å². The summed E-state index contributed by atoms with van der Waals surface area (Å²) >= 11 is 0. The van der Waals surface area contributed by atoms with Crippen LogP contribution < -0.4 is 4.74 Å². The summed E-state index contributed by atoms with van der Waals surface area (Å²) in [6, 6.07) is 7.80. The number of hydrogen-bond acceptors (Lipinski definition) is 4. The first-order valence-corrected chi connectivity index (χ1v) is 7.74. The highest BCUT2D eigenvalue weighted by Crippen LogP contribution is 2.26. The lowest BCUT2D eigenvalue weighted by molar-refractivity contribution is -0.137. The van der Waals surface area contributed by atoms with Crippen molar-refractivity contribution in [1.29, 1.82) is 0 Å². The minimum absolute atomic E-state index is 0.239. The molecule has 4 heteroatoms. The number of hydrogen-bond donors (Lipinski definition) is 0. The smallest absolute Gasteiger partial charge is 0.330 e. The number of benzene rings is 1. The van der Waals surface area contributed by atoms with Crippen molar-refractivity contribution in [1.82, 2.24) is 4.98 Å². The molecule has 0 fully saturated rings. The Labute approximate surface area is 137 Å². The van der Waals surface area contributed by atoms with Crippen LogP contribution in [-0.4, -0.2) is 23.2 Å². The SMILES string of the molecule is CCOC(=O)/C=C/c1cc(C)c2cc(OC(C)(C)C)ccc2n1. The number of aromatic nitrogens is 1. The van der Waals surface area contributed by atoms with E-state index in [0.29, 0.717) is 6.61 Å². The van der Waals surface area contributed by atoms with Gasteiger partial charge >= 0.3 is 5.97 Å². The second-order valence-electron chi connectivity index (χ2n) is 6.34. The van der Waals surface area contributed by atoms with Gasteiger partial charge in [-0.25, -0.2) is 9.78 Å². The van der Waals surface area contributed by atoms with Gasteiger partial charge in [-0.1, -0.05) is 0 Å². The van der Waals surface area contributed by atoms with E-state index in [9.17, 15) is 4.79 Å². The molecule has 122 valence electrons. The van der Waals surface area contributed by atoms with Crippen molar-refractivity contribution in [2.24, 2.45) is 0 Å². The third-order valence-electron chi connectivity index (χ3n) is 3.11. The van der Waals surface area contributed by atoms with Gasteiger partial charge in [-0.2, -0.15) is 0 Å². The van der Waals surface area contributed by atoms with Crippen LogP contribution in [0, 0.1) is 6.92 Å². The Balaban J connectivity index is 2.32. The topological polar surface area (TPSA) is 48.4 Å². The van der Waals surface area contributed by atoms with Gasteiger partial charge in [0.25, 0.3) is 0 Å². The molecule has 0 bridgehead atoms. The van der Waals surface area contributed by atoms with Gasteiger partial charge in [0.2, 0.25) is 0 Å². The Kier molecular flexibility index (Phi) is 5.04. The lowest BCUT2D eigenvalue weighted by Crippen LogP contribution is -2.22. The monoisotopic (exact) mass is 313 g/mol. The molecule has 2 aromatic rings. The molecule has 0 saturated heterocycles. The molecular formula is C19H23NO3. The zero-order valence-corrected chi connectivity index (χ0v) is 14.3. The van der Waals surface area contributed by atoms with Crippen LogP contribution >= 0.6 is 0 Å². The molecule has 4 nitrogen and oxygen atoms in total. The van der Waals surface area contributed by atoms with Crippen LogP contribution in [0.15, 0.2) is 30.3 Å². The molecule has 1 aromatic carbocycles. The van der Waals surface area contributed by atoms with Crippen molar-refractivity contribution in [3.8, 4) is 5.75 Å². The van der Waals surface area contributed by atoms with Crippen molar-refractivity contribution in [2.45, 2.75) is 40.2 Å². The molecule has 1 heterocycles. The Morgan fingerprint density at radius 2 is 2.00 bits per heavy atom. The van der Waals surface area contributed by atoms with E-state index in [0.717, 1.165) is 27.9 Å². The molecule has 0 aliphatic carbocycles. The van der Waals surface area contributed by atoms with Gasteiger partial charge in [-0.05, 0) is 70.5 Å². The normalized spacial score (nSPS) is 11.9. The molecule has 0 aliphatic heterocycles. The third-order valence-corrected chi connectivity index (χ3v) is 3.11. The van der Waals surface area contributed by atoms with E-state index >= 15 is 0 Å². The first kappa shape index (κ1) is 17.0. The van der Waals surface area contributed by atoms with E-state index in [4.69, 9.17) is 9.47 Å². The van der Waals surface area contributed by atoms with Crippen LogP contribution in [0.2, 0.25) is 0 Å². The highest BCUT2D eigenvalue weighted by molar-refractivity contribution is 5.88. The Hall–Kier alpha value is -2.36. The van der Waals surface area contributed by atoms with Gasteiger partial charge in [0.15, 0.2) is 0 Å². The van der Waals surface area contributed by atoms with Gasteiger partial charge in [0.05, 0.1) is 17.8 Å². The number of nitrogens with zero attached hydrogens (tertiary/aromatic N) is 1. The fourth-order valence-corrected chi connectivity index (χ4v) is 2.25. The molecule has 0 aliphatic rings. The lowest BCUT2D eigenvalue weighted by Gasteiger charge is -2.21. The molecule has 23 heavy (non-hydrogen) atoms. The van der Waals surface area contributed by atoms with Gasteiger partial charge in [-0.3, -0.25) is 0 Å². The molecule has 1 aromatic heterocycles. The number of esters is 1. The molecule has 0 unspecified atom stereocenters. The number of carbonyl (C=O) groups excluding carboxylic acids is 1. The van der Waals surface area contributed by atoms with Crippen LogP contribution in [0.3, 0.4) is 0 Å². The Morgan fingerprint density at radius 3 is 2.65 bits per heavy atom. The average molecular weight is 313 g/mol. The van der Waals surface area contributed by atoms with Gasteiger partial charge < -0.3 is 9.47 Å². The fraction of sp³-hybridized carbons (Fsp3) is 0.368. The van der Waals surface area contributed by atoms with Crippen LogP contribution in [0.25, 0.3) is 17.0 Å². The number of carbonyl (C=O) groups is 1. The first-order valence-electron chi connectivity index (χ1n) is 7.74. The maximum atomic E-state index is 11.4. The van der Waals surface area contributed by atoms with E-state index in [1.54, 1.807) is 13.0 Å². The van der Waals surface area contributed by atoms with Gasteiger partial charge in [0.1, 0.15) is 11.4 Å². The van der Waals surface area contributed by atoms with Crippen LogP contribution in [-0.2, 0) is 9.53 Å². The highest BCUT2D eigenvalue weighted by atomic mass is 16.5. The minimum Gasteiger partial charge on any atom is -0.488 e. The maximum Gasteiger partial charge on any atom is 0.330 e. The van der Waals surface area contributed by atoms with E-state index in [1.807, 2.05) is 52.0 Å². The van der Waals surface area contributed by atoms with E-state index in [-0.39, 0.29) is 11.6 Å². The third kappa shape index (κ3) is 4.81. The van der Waals surface area contributed by atoms with Crippen molar-refractivity contribution in [3.63, 3.8) is 0 Å². The van der Waals surface area contributed by atoms with E-state index < -0.39 is 0 Å². The van der Waals surface area contributed by atoms with Gasteiger partial charge in [-0.15, -0.1) is 0 Å². The number of aryl methyl sites for hydroxylation is 1. The summed E-state index contributed by atoms with van der Waals surface area (Å²) in [6.07, 6.45) is 3.07. The number of fused-ring (bicyclic) bond motifs is 1. The molecular weight excluding hydrogens is 290 g/mol. The second-order valence-corrected chi connectivity index (χ2v) is 6.34. The standard InChI is InChI=1S/C19H23NO3/c1-6-22-18(21)10-7-14-11-13(2)16-12-15(23-19(3,4)5)8-9-17(16)20-14/h7-12H,6H2,1-5H3/b10-7+. The van der Waals surface area contributed by atoms with Crippen molar-refractivity contribution in [2.75, 3.05) is 6.61 Å². The van der Waals surface area contributed by atoms with Gasteiger partial charge in [0, 0.05) is 11.5 Å². The molecule has 0 saturated carbocycles. The lowest BCUT2D eigenvalue weighted by atomic mass is 10.1. The van der Waals surface area contributed by atoms with Crippen molar-refractivity contribution in [3.05, 3.63) is 41.6 Å². The summed E-state index contributed by atoms with van der Waals surface area (Å²) in [7, 11) is 0. The maximum absolute atomic E-state index is 11.4. The predicted molar refractivity (Wildman–Crippen MR) is 92.5 cm³/mol. The summed E-state index contributed by atoms with van der Waals surface area (Å²) in [5, 5.41) is 1.04. The molecule has 0 amide bonds. The summed E-state index contributed by atoms with van der Waals surface area (Å²) in [5.74, 6) is 0.464. The number of rotatable bonds is 4. The van der Waals surface area contributed by atoms with Crippen LogP contribution in [0.4, 0.5) is 0 Å². The van der Waals surface area contributed by atoms with Crippen LogP contribution in [0.5, 0.6) is 5.75 Å². The molecule has 0 atom stereocenters. The summed E-state index contributed by atoms with van der Waals surface area (Å²) in [6.45, 7) is 10.2. The highest BCUT2D eigenvalue weighted by Gasteiger charge is 2.12. The summed E-state index contributed by atoms with van der Waals surface area (Å²) in [5.41, 5.74) is 2.44. The van der Waals surface area contributed by atoms with E-state index in [1.165, 1.54) is 6.08 Å². The quantitative estimate of drug-likeness (QED) is 0.624. The largest absolute Gasteiger partial charge is 0.488 e. The predicted octanol–water partition coefficient (Wildman–Crippen LogP) is 4.30. The molecule has 0 spiro atoms. The molecule has 0 N–H and O–H groups in total. The molecule has 2 rings (SSSR count). The second kappa shape index (κ2) is 6.82. The van der Waals surface area contributed by atoms with E-state index in [2.05, 4.69) is 4.98 Å². The minimum atomic E-state index is -0.360. The number of ether oxygens (including phenoxy) is 2. The number of pyridine rings is 1. The van der Waals surface area contributed by atoms with Crippen molar-refractivity contribution >= 4 is 22.9 Å². The Bertz CT molecular complexity index is 742. The Morgan fingerprint density at radius 1 is 1.26 bits per heavy atom. The average Bonchev–Trinajstić information content (AvgIpc) is 2.44. The first-order chi connectivity index (χ1) is 10.8.